The maximum Gasteiger partial charge on any atom is 0.191 e. The Hall–Kier alpha value is -3.28. The fourth-order valence-corrected chi connectivity index (χ4v) is 2.71. The van der Waals surface area contributed by atoms with Gasteiger partial charge >= 0.3 is 0 Å². The van der Waals surface area contributed by atoms with E-state index >= 15 is 0 Å². The van der Waals surface area contributed by atoms with Crippen LogP contribution in [0.4, 0.5) is 0 Å². The highest BCUT2D eigenvalue weighted by Crippen LogP contribution is 2.10. The highest BCUT2D eigenvalue weighted by molar-refractivity contribution is 5.79. The van der Waals surface area contributed by atoms with Crippen molar-refractivity contribution >= 4 is 5.96 Å². The summed E-state index contributed by atoms with van der Waals surface area (Å²) >= 11 is 0. The molecule has 0 atom stereocenters. The van der Waals surface area contributed by atoms with Gasteiger partial charge in [0.1, 0.15) is 12.4 Å². The molecule has 2 N–H and O–H groups in total. The van der Waals surface area contributed by atoms with E-state index in [0.717, 1.165) is 18.3 Å². The largest absolute Gasteiger partial charge is 0.492 e. The van der Waals surface area contributed by atoms with Crippen LogP contribution < -0.4 is 15.4 Å². The van der Waals surface area contributed by atoms with Crippen molar-refractivity contribution in [2.24, 2.45) is 4.99 Å². The zero-order valence-electron chi connectivity index (χ0n) is 15.5. The molecule has 0 amide bonds. The second-order valence-corrected chi connectivity index (χ2v) is 5.99. The molecular weight excluding hydrogens is 338 g/mol. The maximum atomic E-state index is 5.69. The van der Waals surface area contributed by atoms with Crippen LogP contribution in [-0.4, -0.2) is 35.9 Å². The van der Waals surface area contributed by atoms with Crippen molar-refractivity contribution < 1.29 is 4.74 Å². The molecule has 0 unspecified atom stereocenters. The number of hydrogen-bond acceptors (Lipinski definition) is 3. The quantitative estimate of drug-likeness (QED) is 0.367. The van der Waals surface area contributed by atoms with Gasteiger partial charge in [-0.25, -0.2) is 0 Å². The van der Waals surface area contributed by atoms with Crippen molar-refractivity contribution in [1.29, 1.82) is 0 Å². The first-order valence-corrected chi connectivity index (χ1v) is 9.02. The van der Waals surface area contributed by atoms with Gasteiger partial charge in [0.05, 0.1) is 13.1 Å². The van der Waals surface area contributed by atoms with Crippen LogP contribution in [0.2, 0.25) is 0 Å². The summed E-state index contributed by atoms with van der Waals surface area (Å²) in [4.78, 5) is 4.27. The lowest BCUT2D eigenvalue weighted by Gasteiger charge is -2.14. The average molecular weight is 363 g/mol. The molecule has 3 aromatic rings. The van der Waals surface area contributed by atoms with E-state index in [0.29, 0.717) is 19.7 Å². The van der Waals surface area contributed by atoms with E-state index in [1.165, 1.54) is 11.1 Å². The van der Waals surface area contributed by atoms with E-state index in [1.54, 1.807) is 13.2 Å². The normalized spacial score (nSPS) is 11.2. The zero-order chi connectivity index (χ0) is 18.7. The molecule has 0 bridgehead atoms. The van der Waals surface area contributed by atoms with Crippen molar-refractivity contribution in [2.75, 3.05) is 20.2 Å². The third-order valence-corrected chi connectivity index (χ3v) is 4.09. The number of aliphatic imine (C=N–C) groups is 1. The number of aromatic nitrogens is 2. The molecule has 6 nitrogen and oxygen atoms in total. The van der Waals surface area contributed by atoms with Gasteiger partial charge in [-0.15, -0.1) is 0 Å². The van der Waals surface area contributed by atoms with Crippen molar-refractivity contribution in [3.8, 4) is 5.75 Å². The molecule has 0 radical (unpaired) electrons. The third-order valence-electron chi connectivity index (χ3n) is 4.09. The Morgan fingerprint density at radius 1 is 1.00 bits per heavy atom. The summed E-state index contributed by atoms with van der Waals surface area (Å²) in [6.45, 7) is 2.68. The Labute approximate surface area is 159 Å². The van der Waals surface area contributed by atoms with Gasteiger partial charge in [-0.2, -0.15) is 5.10 Å². The van der Waals surface area contributed by atoms with E-state index in [2.05, 4.69) is 38.9 Å². The molecule has 0 saturated carbocycles. The number of guanidine groups is 1. The van der Waals surface area contributed by atoms with Crippen molar-refractivity contribution in [1.82, 2.24) is 20.4 Å². The van der Waals surface area contributed by atoms with Gasteiger partial charge < -0.3 is 15.4 Å². The molecule has 3 rings (SSSR count). The highest BCUT2D eigenvalue weighted by atomic mass is 16.5. The molecule has 0 aliphatic carbocycles. The minimum atomic E-state index is 0.570. The average Bonchev–Trinajstić information content (AvgIpc) is 3.22. The summed E-state index contributed by atoms with van der Waals surface area (Å²) in [5.74, 6) is 1.62. The van der Waals surface area contributed by atoms with Gasteiger partial charge in [-0.1, -0.05) is 42.5 Å². The predicted molar refractivity (Wildman–Crippen MR) is 108 cm³/mol. The van der Waals surface area contributed by atoms with Crippen molar-refractivity contribution in [3.63, 3.8) is 0 Å². The van der Waals surface area contributed by atoms with Gasteiger partial charge in [0.25, 0.3) is 0 Å². The molecule has 27 heavy (non-hydrogen) atoms. The number of rotatable bonds is 8. The van der Waals surface area contributed by atoms with Crippen LogP contribution in [0.3, 0.4) is 0 Å². The fourth-order valence-electron chi connectivity index (χ4n) is 2.71. The summed E-state index contributed by atoms with van der Waals surface area (Å²) in [5.41, 5.74) is 2.45. The number of hydrogen-bond donors (Lipinski definition) is 2. The van der Waals surface area contributed by atoms with Crippen LogP contribution in [-0.2, 0) is 13.1 Å². The Kier molecular flexibility index (Phi) is 6.86. The number of nitrogens with zero attached hydrogens (tertiary/aromatic N) is 3. The summed E-state index contributed by atoms with van der Waals surface area (Å²) in [6, 6.07) is 20.1. The second-order valence-electron chi connectivity index (χ2n) is 5.99. The van der Waals surface area contributed by atoms with Crippen LogP contribution in [0, 0.1) is 0 Å². The Morgan fingerprint density at radius 3 is 2.52 bits per heavy atom. The van der Waals surface area contributed by atoms with Gasteiger partial charge in [0.2, 0.25) is 0 Å². The van der Waals surface area contributed by atoms with E-state index < -0.39 is 0 Å². The minimum Gasteiger partial charge on any atom is -0.492 e. The number of para-hydroxylation sites is 1. The SMILES string of the molecule is CN=C(NCCOc1ccccc1)NCc1ccccc1Cn1cccn1. The van der Waals surface area contributed by atoms with E-state index in [1.807, 2.05) is 53.3 Å². The number of ether oxygens (including phenoxy) is 1. The van der Waals surface area contributed by atoms with E-state index in [4.69, 9.17) is 4.74 Å². The molecule has 1 heterocycles. The number of benzene rings is 2. The minimum absolute atomic E-state index is 0.570. The van der Waals surface area contributed by atoms with Gasteiger partial charge in [0.15, 0.2) is 5.96 Å². The molecule has 0 aliphatic heterocycles. The summed E-state index contributed by atoms with van der Waals surface area (Å²) in [6.07, 6.45) is 3.77. The van der Waals surface area contributed by atoms with E-state index in [9.17, 15) is 0 Å². The lowest BCUT2D eigenvalue weighted by molar-refractivity contribution is 0.322. The smallest absolute Gasteiger partial charge is 0.191 e. The molecule has 0 saturated heterocycles. The van der Waals surface area contributed by atoms with Crippen LogP contribution in [0.1, 0.15) is 11.1 Å². The maximum absolute atomic E-state index is 5.69. The van der Waals surface area contributed by atoms with Gasteiger partial charge in [-0.3, -0.25) is 9.67 Å². The first-order valence-electron chi connectivity index (χ1n) is 9.02. The van der Waals surface area contributed by atoms with Gasteiger partial charge in [-0.05, 0) is 29.3 Å². The van der Waals surface area contributed by atoms with Crippen LogP contribution in [0.25, 0.3) is 0 Å². The summed E-state index contributed by atoms with van der Waals surface area (Å²) in [5, 5.41) is 10.9. The first kappa shape index (κ1) is 18.5. The van der Waals surface area contributed by atoms with Crippen LogP contribution >= 0.6 is 0 Å². The standard InChI is InChI=1S/C21H25N5O/c1-22-21(23-13-15-27-20-10-3-2-4-11-20)24-16-18-8-5-6-9-19(18)17-26-14-7-12-25-26/h2-12,14H,13,15-17H2,1H3,(H2,22,23,24). The second kappa shape index (κ2) is 10.0. The zero-order valence-corrected chi connectivity index (χ0v) is 15.5. The molecule has 2 aromatic carbocycles. The number of nitrogens with one attached hydrogen (secondary N) is 2. The molecular formula is C21H25N5O. The molecule has 0 fully saturated rings. The first-order chi connectivity index (χ1) is 13.3. The molecule has 140 valence electrons. The topological polar surface area (TPSA) is 63.5 Å². The Balaban J connectivity index is 1.46. The van der Waals surface area contributed by atoms with Gasteiger partial charge in [0, 0.05) is 26.0 Å². The highest BCUT2D eigenvalue weighted by Gasteiger charge is 2.04. The molecule has 0 spiro atoms. The third kappa shape index (κ3) is 5.88. The molecule has 1 aromatic heterocycles. The molecule has 0 aliphatic rings. The lowest BCUT2D eigenvalue weighted by Crippen LogP contribution is -2.39. The van der Waals surface area contributed by atoms with Crippen molar-refractivity contribution in [3.05, 3.63) is 84.2 Å². The fraction of sp³-hybridized carbons (Fsp3) is 0.238. The summed E-state index contributed by atoms with van der Waals surface area (Å²) in [7, 11) is 1.77. The predicted octanol–water partition coefficient (Wildman–Crippen LogP) is 2.68. The monoisotopic (exact) mass is 363 g/mol. The van der Waals surface area contributed by atoms with Crippen molar-refractivity contribution in [2.45, 2.75) is 13.1 Å². The van der Waals surface area contributed by atoms with E-state index in [-0.39, 0.29) is 0 Å². The molecule has 6 heteroatoms. The Morgan fingerprint density at radius 2 is 1.78 bits per heavy atom. The Bertz CT molecular complexity index is 831. The summed E-state index contributed by atoms with van der Waals surface area (Å²) < 4.78 is 7.61. The lowest BCUT2D eigenvalue weighted by atomic mass is 10.1. The van der Waals surface area contributed by atoms with Crippen LogP contribution in [0.5, 0.6) is 5.75 Å². The van der Waals surface area contributed by atoms with Crippen LogP contribution in [0.15, 0.2) is 78.0 Å².